The molecule has 0 saturated heterocycles. The van der Waals surface area contributed by atoms with Crippen LogP contribution in [-0.2, 0) is 17.6 Å². The molecule has 0 fully saturated rings. The van der Waals surface area contributed by atoms with Crippen molar-refractivity contribution in [3.8, 4) is 0 Å². The maximum Gasteiger partial charge on any atom is 0.306 e. The lowest BCUT2D eigenvalue weighted by molar-refractivity contribution is -0.141. The number of carboxylic acid groups (broad SMARTS) is 1. The third-order valence-corrected chi connectivity index (χ3v) is 4.30. The summed E-state index contributed by atoms with van der Waals surface area (Å²) in [5, 5.41) is 9.30. The van der Waals surface area contributed by atoms with E-state index in [1.54, 1.807) is 29.0 Å². The van der Waals surface area contributed by atoms with Crippen LogP contribution in [0.5, 0.6) is 0 Å². The van der Waals surface area contributed by atoms with Gasteiger partial charge in [0.15, 0.2) is 0 Å². The average molecular weight is 293 g/mol. The zero-order valence-electron chi connectivity index (χ0n) is 11.2. The van der Waals surface area contributed by atoms with Crippen molar-refractivity contribution in [2.75, 3.05) is 0 Å². The SMILES string of the molecule is Cc1ncsc1CCC(Cc1ccc(F)cc1)C(=O)O. The van der Waals surface area contributed by atoms with Crippen LogP contribution in [0.1, 0.15) is 22.6 Å². The number of thiazole rings is 1. The molecule has 1 atom stereocenters. The fourth-order valence-corrected chi connectivity index (χ4v) is 2.89. The Balaban J connectivity index is 1.99. The first-order valence-corrected chi connectivity index (χ1v) is 7.30. The van der Waals surface area contributed by atoms with Crippen LogP contribution < -0.4 is 0 Å². The van der Waals surface area contributed by atoms with Crippen molar-refractivity contribution in [2.45, 2.75) is 26.2 Å². The van der Waals surface area contributed by atoms with Gasteiger partial charge < -0.3 is 5.11 Å². The fraction of sp³-hybridized carbons (Fsp3) is 0.333. The Labute approximate surface area is 121 Å². The van der Waals surface area contributed by atoms with E-state index in [9.17, 15) is 14.3 Å². The predicted octanol–water partition coefficient (Wildman–Crippen LogP) is 3.47. The lowest BCUT2D eigenvalue weighted by Gasteiger charge is -2.12. The number of carboxylic acids is 1. The lowest BCUT2D eigenvalue weighted by Crippen LogP contribution is -2.17. The summed E-state index contributed by atoms with van der Waals surface area (Å²) in [5.41, 5.74) is 3.60. The molecule has 1 heterocycles. The van der Waals surface area contributed by atoms with Crippen LogP contribution in [0.4, 0.5) is 4.39 Å². The van der Waals surface area contributed by atoms with E-state index < -0.39 is 11.9 Å². The zero-order valence-corrected chi connectivity index (χ0v) is 12.0. The van der Waals surface area contributed by atoms with Crippen molar-refractivity contribution in [1.29, 1.82) is 0 Å². The number of aromatic nitrogens is 1. The van der Waals surface area contributed by atoms with Gasteiger partial charge >= 0.3 is 5.97 Å². The third-order valence-electron chi connectivity index (χ3n) is 3.31. The van der Waals surface area contributed by atoms with Crippen molar-refractivity contribution in [3.05, 3.63) is 51.7 Å². The highest BCUT2D eigenvalue weighted by molar-refractivity contribution is 7.09. The number of halogens is 1. The molecule has 1 aromatic heterocycles. The predicted molar refractivity (Wildman–Crippen MR) is 76.4 cm³/mol. The first-order valence-electron chi connectivity index (χ1n) is 6.42. The molecule has 0 spiro atoms. The molecule has 1 N–H and O–H groups in total. The Kier molecular flexibility index (Phi) is 4.84. The highest BCUT2D eigenvalue weighted by Crippen LogP contribution is 2.20. The summed E-state index contributed by atoms with van der Waals surface area (Å²) in [6, 6.07) is 6.01. The second kappa shape index (κ2) is 6.61. The van der Waals surface area contributed by atoms with Crippen LogP contribution in [0, 0.1) is 18.7 Å². The Morgan fingerprint density at radius 3 is 2.65 bits per heavy atom. The molecule has 2 aromatic rings. The maximum atomic E-state index is 12.8. The number of benzene rings is 1. The van der Waals surface area contributed by atoms with Gasteiger partial charge in [0.2, 0.25) is 0 Å². The van der Waals surface area contributed by atoms with E-state index in [2.05, 4.69) is 4.98 Å². The van der Waals surface area contributed by atoms with Gasteiger partial charge in [0.05, 0.1) is 17.1 Å². The van der Waals surface area contributed by atoms with E-state index in [1.165, 1.54) is 12.1 Å². The second-order valence-corrected chi connectivity index (χ2v) is 5.70. The Bertz CT molecular complexity index is 580. The van der Waals surface area contributed by atoms with E-state index in [1.807, 2.05) is 6.92 Å². The van der Waals surface area contributed by atoms with Crippen LogP contribution in [0.3, 0.4) is 0 Å². The third kappa shape index (κ3) is 3.87. The Morgan fingerprint density at radius 1 is 1.40 bits per heavy atom. The molecule has 20 heavy (non-hydrogen) atoms. The Morgan fingerprint density at radius 2 is 2.10 bits per heavy atom. The largest absolute Gasteiger partial charge is 0.481 e. The molecule has 0 radical (unpaired) electrons. The van der Waals surface area contributed by atoms with E-state index in [0.717, 1.165) is 16.1 Å². The summed E-state index contributed by atoms with van der Waals surface area (Å²) in [4.78, 5) is 16.6. The molecule has 3 nitrogen and oxygen atoms in total. The van der Waals surface area contributed by atoms with Crippen LogP contribution in [-0.4, -0.2) is 16.1 Å². The van der Waals surface area contributed by atoms with Gasteiger partial charge in [-0.05, 0) is 43.9 Å². The minimum atomic E-state index is -0.809. The smallest absolute Gasteiger partial charge is 0.306 e. The highest BCUT2D eigenvalue weighted by Gasteiger charge is 2.18. The summed E-state index contributed by atoms with van der Waals surface area (Å²) < 4.78 is 12.8. The molecule has 2 rings (SSSR count). The van der Waals surface area contributed by atoms with E-state index in [0.29, 0.717) is 19.3 Å². The van der Waals surface area contributed by atoms with Gasteiger partial charge in [0, 0.05) is 4.88 Å². The van der Waals surface area contributed by atoms with Gasteiger partial charge in [-0.1, -0.05) is 12.1 Å². The standard InChI is InChI=1S/C15H16FNO2S/c1-10-14(20-9-17-10)7-4-12(15(18)19)8-11-2-5-13(16)6-3-11/h2-3,5-6,9,12H,4,7-8H2,1H3,(H,18,19). The van der Waals surface area contributed by atoms with Crippen LogP contribution >= 0.6 is 11.3 Å². The number of nitrogens with zero attached hydrogens (tertiary/aromatic N) is 1. The van der Waals surface area contributed by atoms with Gasteiger partial charge in [0.25, 0.3) is 0 Å². The molecule has 1 unspecified atom stereocenters. The number of rotatable bonds is 6. The normalized spacial score (nSPS) is 12.3. The maximum absolute atomic E-state index is 12.8. The second-order valence-electron chi connectivity index (χ2n) is 4.77. The summed E-state index contributed by atoms with van der Waals surface area (Å²) >= 11 is 1.56. The van der Waals surface area contributed by atoms with Crippen LogP contribution in [0.2, 0.25) is 0 Å². The average Bonchev–Trinajstić information content (AvgIpc) is 2.82. The van der Waals surface area contributed by atoms with Gasteiger partial charge in [-0.15, -0.1) is 11.3 Å². The molecule has 1 aromatic carbocycles. The van der Waals surface area contributed by atoms with E-state index in [-0.39, 0.29) is 5.82 Å². The van der Waals surface area contributed by atoms with Gasteiger partial charge in [0.1, 0.15) is 5.82 Å². The van der Waals surface area contributed by atoms with Crippen molar-refractivity contribution < 1.29 is 14.3 Å². The highest BCUT2D eigenvalue weighted by atomic mass is 32.1. The van der Waals surface area contributed by atoms with Crippen molar-refractivity contribution >= 4 is 17.3 Å². The number of hydrogen-bond donors (Lipinski definition) is 1. The molecule has 106 valence electrons. The Hall–Kier alpha value is -1.75. The van der Waals surface area contributed by atoms with Gasteiger partial charge in [-0.25, -0.2) is 9.37 Å². The van der Waals surface area contributed by atoms with Gasteiger partial charge in [-0.3, -0.25) is 4.79 Å². The minimum Gasteiger partial charge on any atom is -0.481 e. The molecule has 0 bridgehead atoms. The number of aliphatic carboxylic acids is 1. The fourth-order valence-electron chi connectivity index (χ4n) is 2.09. The molecule has 0 aliphatic heterocycles. The monoisotopic (exact) mass is 293 g/mol. The number of carbonyl (C=O) groups is 1. The minimum absolute atomic E-state index is 0.305. The summed E-state index contributed by atoms with van der Waals surface area (Å²) in [5.74, 6) is -1.57. The first-order chi connectivity index (χ1) is 9.56. The quantitative estimate of drug-likeness (QED) is 0.887. The molecular weight excluding hydrogens is 277 g/mol. The first kappa shape index (κ1) is 14.7. The van der Waals surface area contributed by atoms with Crippen molar-refractivity contribution in [2.24, 2.45) is 5.92 Å². The summed E-state index contributed by atoms with van der Waals surface area (Å²) in [7, 11) is 0. The molecular formula is C15H16FNO2S. The van der Waals surface area contributed by atoms with Crippen LogP contribution in [0.25, 0.3) is 0 Å². The summed E-state index contributed by atoms with van der Waals surface area (Å²) in [6.45, 7) is 1.93. The molecule has 0 saturated carbocycles. The molecule has 0 aliphatic carbocycles. The lowest BCUT2D eigenvalue weighted by atomic mass is 9.94. The van der Waals surface area contributed by atoms with E-state index in [4.69, 9.17) is 0 Å². The van der Waals surface area contributed by atoms with Crippen molar-refractivity contribution in [3.63, 3.8) is 0 Å². The molecule has 0 amide bonds. The van der Waals surface area contributed by atoms with Crippen LogP contribution in [0.15, 0.2) is 29.8 Å². The summed E-state index contributed by atoms with van der Waals surface area (Å²) in [6.07, 6.45) is 1.71. The molecule has 0 aliphatic rings. The number of hydrogen-bond acceptors (Lipinski definition) is 3. The number of aryl methyl sites for hydroxylation is 2. The topological polar surface area (TPSA) is 50.2 Å². The van der Waals surface area contributed by atoms with Crippen molar-refractivity contribution in [1.82, 2.24) is 4.98 Å². The van der Waals surface area contributed by atoms with Gasteiger partial charge in [-0.2, -0.15) is 0 Å². The molecule has 5 heteroatoms. The zero-order chi connectivity index (χ0) is 14.5. The van der Waals surface area contributed by atoms with E-state index >= 15 is 0 Å².